The first-order valence-corrected chi connectivity index (χ1v) is 5.09. The van der Waals surface area contributed by atoms with Gasteiger partial charge in [0, 0.05) is 28.2 Å². The van der Waals surface area contributed by atoms with Crippen LogP contribution in [0.5, 0.6) is 0 Å². The molecule has 0 unspecified atom stereocenters. The van der Waals surface area contributed by atoms with Crippen molar-refractivity contribution in [1.82, 2.24) is 9.97 Å². The van der Waals surface area contributed by atoms with E-state index in [9.17, 15) is 0 Å². The molecule has 0 atom stereocenters. The maximum Gasteiger partial charge on any atom is 0.0893 e. The summed E-state index contributed by atoms with van der Waals surface area (Å²) in [5.41, 5.74) is 2.02. The fourth-order valence-corrected chi connectivity index (χ4v) is 1.96. The molecule has 0 bridgehead atoms. The Morgan fingerprint density at radius 3 is 3.00 bits per heavy atom. The van der Waals surface area contributed by atoms with Crippen LogP contribution >= 0.6 is 11.3 Å². The molecule has 3 heteroatoms. The standard InChI is InChI=1S/C11H9N2S/c1-2-3-10-6-9(8-14-10)11-7-12-4-5-13-11/h2-8H,1H2/b3-2+. The minimum absolute atomic E-state index is 0.910. The normalized spacial score (nSPS) is 10.9. The summed E-state index contributed by atoms with van der Waals surface area (Å²) < 4.78 is 0. The number of hydrogen-bond acceptors (Lipinski definition) is 3. The maximum atomic E-state index is 4.23. The Kier molecular flexibility index (Phi) is 2.70. The smallest absolute Gasteiger partial charge is 0.0893 e. The molecule has 2 aromatic rings. The van der Waals surface area contributed by atoms with Crippen LogP contribution in [0.1, 0.15) is 4.88 Å². The Balaban J connectivity index is 2.34. The molecule has 0 aliphatic carbocycles. The fourth-order valence-electron chi connectivity index (χ4n) is 1.14. The van der Waals surface area contributed by atoms with Gasteiger partial charge < -0.3 is 0 Å². The first kappa shape index (κ1) is 9.09. The molecular weight excluding hydrogens is 192 g/mol. The van der Waals surface area contributed by atoms with Crippen LogP contribution in [0.25, 0.3) is 17.3 Å². The molecular formula is C11H9N2S. The third-order valence-electron chi connectivity index (χ3n) is 1.76. The van der Waals surface area contributed by atoms with E-state index >= 15 is 0 Å². The lowest BCUT2D eigenvalue weighted by atomic mass is 10.2. The molecule has 14 heavy (non-hydrogen) atoms. The van der Waals surface area contributed by atoms with Crippen molar-refractivity contribution >= 4 is 17.4 Å². The van der Waals surface area contributed by atoms with Gasteiger partial charge in [-0.2, -0.15) is 0 Å². The molecule has 0 saturated heterocycles. The monoisotopic (exact) mass is 201 g/mol. The number of rotatable bonds is 2. The van der Waals surface area contributed by atoms with E-state index in [1.807, 2.05) is 6.08 Å². The van der Waals surface area contributed by atoms with E-state index in [-0.39, 0.29) is 0 Å². The summed E-state index contributed by atoms with van der Waals surface area (Å²) in [5, 5.41) is 2.07. The van der Waals surface area contributed by atoms with Gasteiger partial charge in [0.2, 0.25) is 0 Å². The predicted octanol–water partition coefficient (Wildman–Crippen LogP) is 3.05. The zero-order chi connectivity index (χ0) is 9.80. The first-order valence-electron chi connectivity index (χ1n) is 4.21. The van der Waals surface area contributed by atoms with Gasteiger partial charge in [-0.1, -0.05) is 6.08 Å². The van der Waals surface area contributed by atoms with E-state index in [2.05, 4.69) is 28.3 Å². The lowest BCUT2D eigenvalue weighted by Gasteiger charge is -1.92. The van der Waals surface area contributed by atoms with Gasteiger partial charge >= 0.3 is 0 Å². The number of hydrogen-bond donors (Lipinski definition) is 0. The van der Waals surface area contributed by atoms with E-state index in [4.69, 9.17) is 0 Å². The molecule has 2 nitrogen and oxygen atoms in total. The van der Waals surface area contributed by atoms with Crippen LogP contribution in [0.2, 0.25) is 0 Å². The second kappa shape index (κ2) is 4.15. The van der Waals surface area contributed by atoms with Gasteiger partial charge in [0.15, 0.2) is 0 Å². The molecule has 0 fully saturated rings. The minimum atomic E-state index is 0.910. The van der Waals surface area contributed by atoms with Gasteiger partial charge in [0.25, 0.3) is 0 Å². The first-order chi connectivity index (χ1) is 6.90. The topological polar surface area (TPSA) is 25.8 Å². The molecule has 0 aromatic carbocycles. The quantitative estimate of drug-likeness (QED) is 0.746. The second-order valence-electron chi connectivity index (χ2n) is 2.73. The van der Waals surface area contributed by atoms with Gasteiger partial charge in [-0.15, -0.1) is 11.3 Å². The Labute approximate surface area is 87.0 Å². The van der Waals surface area contributed by atoms with Crippen molar-refractivity contribution in [3.8, 4) is 11.3 Å². The Morgan fingerprint density at radius 2 is 2.29 bits per heavy atom. The molecule has 0 amide bonds. The molecule has 0 N–H and O–H groups in total. The van der Waals surface area contributed by atoms with Crippen LogP contribution in [-0.4, -0.2) is 9.97 Å². The Hall–Kier alpha value is -1.48. The molecule has 0 aliphatic heterocycles. The predicted molar refractivity (Wildman–Crippen MR) is 59.7 cm³/mol. The summed E-state index contributed by atoms with van der Waals surface area (Å²) >= 11 is 1.67. The lowest BCUT2D eigenvalue weighted by molar-refractivity contribution is 1.21. The zero-order valence-electron chi connectivity index (χ0n) is 7.55. The minimum Gasteiger partial charge on any atom is -0.261 e. The van der Waals surface area contributed by atoms with Crippen molar-refractivity contribution in [2.24, 2.45) is 0 Å². The average molecular weight is 201 g/mol. The molecule has 2 rings (SSSR count). The summed E-state index contributed by atoms with van der Waals surface area (Å²) in [5.74, 6) is 0. The Morgan fingerprint density at radius 1 is 1.36 bits per heavy atom. The summed E-state index contributed by atoms with van der Waals surface area (Å²) in [4.78, 5) is 9.44. The number of allylic oxidation sites excluding steroid dienone is 1. The van der Waals surface area contributed by atoms with Crippen LogP contribution in [0.15, 0.2) is 36.1 Å². The summed E-state index contributed by atoms with van der Waals surface area (Å²) in [7, 11) is 0. The van der Waals surface area contributed by atoms with Crippen molar-refractivity contribution in [2.45, 2.75) is 0 Å². The largest absolute Gasteiger partial charge is 0.261 e. The molecule has 69 valence electrons. The van der Waals surface area contributed by atoms with E-state index in [1.165, 1.54) is 4.88 Å². The van der Waals surface area contributed by atoms with Crippen LogP contribution in [0.4, 0.5) is 0 Å². The van der Waals surface area contributed by atoms with Crippen LogP contribution in [0.3, 0.4) is 0 Å². The second-order valence-corrected chi connectivity index (χ2v) is 3.67. The highest BCUT2D eigenvalue weighted by Crippen LogP contribution is 2.23. The lowest BCUT2D eigenvalue weighted by Crippen LogP contribution is -1.80. The van der Waals surface area contributed by atoms with Crippen LogP contribution < -0.4 is 0 Å². The van der Waals surface area contributed by atoms with E-state index in [1.54, 1.807) is 36.0 Å². The Bertz CT molecular complexity index is 432. The van der Waals surface area contributed by atoms with Crippen molar-refractivity contribution in [1.29, 1.82) is 0 Å². The highest BCUT2D eigenvalue weighted by molar-refractivity contribution is 7.11. The SMILES string of the molecule is [CH2]/C=C/c1cc(-c2cnccn2)cs1. The van der Waals surface area contributed by atoms with Gasteiger partial charge in [0.1, 0.15) is 0 Å². The number of aromatic nitrogens is 2. The van der Waals surface area contributed by atoms with Crippen molar-refractivity contribution in [3.05, 3.63) is 47.9 Å². The van der Waals surface area contributed by atoms with Crippen LogP contribution in [0, 0.1) is 6.92 Å². The molecule has 0 spiro atoms. The summed E-state index contributed by atoms with van der Waals surface area (Å²) in [6.45, 7) is 3.66. The fraction of sp³-hybridized carbons (Fsp3) is 0. The summed E-state index contributed by atoms with van der Waals surface area (Å²) in [6, 6.07) is 2.08. The third kappa shape index (κ3) is 1.88. The highest BCUT2D eigenvalue weighted by Gasteiger charge is 2.00. The number of nitrogens with zero attached hydrogens (tertiary/aromatic N) is 2. The molecule has 0 saturated carbocycles. The summed E-state index contributed by atoms with van der Waals surface area (Å²) in [6.07, 6.45) is 8.90. The van der Waals surface area contributed by atoms with Crippen LogP contribution in [-0.2, 0) is 0 Å². The molecule has 2 aromatic heterocycles. The molecule has 0 aliphatic rings. The van der Waals surface area contributed by atoms with E-state index < -0.39 is 0 Å². The van der Waals surface area contributed by atoms with Gasteiger partial charge in [-0.05, 0) is 19.1 Å². The third-order valence-corrected chi connectivity index (χ3v) is 2.66. The maximum absolute atomic E-state index is 4.23. The van der Waals surface area contributed by atoms with E-state index in [0.29, 0.717) is 0 Å². The van der Waals surface area contributed by atoms with Crippen molar-refractivity contribution in [2.75, 3.05) is 0 Å². The highest BCUT2D eigenvalue weighted by atomic mass is 32.1. The number of thiophene rings is 1. The molecule has 2 heterocycles. The van der Waals surface area contributed by atoms with Gasteiger partial charge in [-0.25, -0.2) is 0 Å². The van der Waals surface area contributed by atoms with E-state index in [0.717, 1.165) is 11.3 Å². The van der Waals surface area contributed by atoms with Crippen molar-refractivity contribution in [3.63, 3.8) is 0 Å². The van der Waals surface area contributed by atoms with Gasteiger partial charge in [0.05, 0.1) is 11.9 Å². The zero-order valence-corrected chi connectivity index (χ0v) is 8.37. The molecule has 1 radical (unpaired) electrons. The average Bonchev–Trinajstić information content (AvgIpc) is 2.68. The van der Waals surface area contributed by atoms with Gasteiger partial charge in [-0.3, -0.25) is 9.97 Å². The van der Waals surface area contributed by atoms with Crippen molar-refractivity contribution < 1.29 is 0 Å².